The number of hydrogen-bond acceptors (Lipinski definition) is 6. The van der Waals surface area contributed by atoms with Crippen LogP contribution in [0.5, 0.6) is 5.75 Å². The molecule has 1 aromatic rings. The van der Waals surface area contributed by atoms with Crippen LogP contribution in [0.3, 0.4) is 0 Å². The van der Waals surface area contributed by atoms with Gasteiger partial charge < -0.3 is 15.2 Å². The van der Waals surface area contributed by atoms with E-state index in [1.165, 1.54) is 7.11 Å². The Labute approximate surface area is 117 Å². The summed E-state index contributed by atoms with van der Waals surface area (Å²) >= 11 is 0. The highest BCUT2D eigenvalue weighted by molar-refractivity contribution is 7.88. The molecule has 0 unspecified atom stereocenters. The van der Waals surface area contributed by atoms with Crippen molar-refractivity contribution in [3.05, 3.63) is 23.8 Å². The summed E-state index contributed by atoms with van der Waals surface area (Å²) in [5, 5.41) is 0. The van der Waals surface area contributed by atoms with Crippen LogP contribution in [0.2, 0.25) is 0 Å². The summed E-state index contributed by atoms with van der Waals surface area (Å²) in [4.78, 5) is 11.1. The van der Waals surface area contributed by atoms with Crippen LogP contribution in [-0.2, 0) is 21.5 Å². The molecular weight excluding hydrogens is 286 g/mol. The highest BCUT2D eigenvalue weighted by atomic mass is 32.2. The molecule has 4 N–H and O–H groups in total. The second-order valence-corrected chi connectivity index (χ2v) is 5.22. The van der Waals surface area contributed by atoms with Crippen molar-refractivity contribution in [2.45, 2.75) is 13.5 Å². The van der Waals surface area contributed by atoms with Gasteiger partial charge in [-0.1, -0.05) is 0 Å². The van der Waals surface area contributed by atoms with Crippen LogP contribution < -0.4 is 19.9 Å². The lowest BCUT2D eigenvalue weighted by molar-refractivity contribution is 0.158. The second-order valence-electron chi connectivity index (χ2n) is 3.72. The summed E-state index contributed by atoms with van der Waals surface area (Å²) < 4.78 is 36.6. The number of ether oxygens (including phenoxy) is 2. The average molecular weight is 303 g/mol. The molecule has 0 saturated carbocycles. The van der Waals surface area contributed by atoms with Gasteiger partial charge >= 0.3 is 16.3 Å². The Morgan fingerprint density at radius 1 is 1.40 bits per heavy atom. The first kappa shape index (κ1) is 16.1. The van der Waals surface area contributed by atoms with E-state index in [-0.39, 0.29) is 13.2 Å². The van der Waals surface area contributed by atoms with Gasteiger partial charge in [0, 0.05) is 17.8 Å². The van der Waals surface area contributed by atoms with E-state index >= 15 is 0 Å². The Morgan fingerprint density at radius 2 is 2.10 bits per heavy atom. The van der Waals surface area contributed by atoms with Crippen LogP contribution in [0.1, 0.15) is 12.5 Å². The molecule has 0 aliphatic rings. The fraction of sp³-hybridized carbons (Fsp3) is 0.364. The Kier molecular flexibility index (Phi) is 5.59. The van der Waals surface area contributed by atoms with Gasteiger partial charge in [0.1, 0.15) is 5.75 Å². The van der Waals surface area contributed by atoms with E-state index in [9.17, 15) is 13.2 Å². The summed E-state index contributed by atoms with van der Waals surface area (Å²) in [6.45, 7) is 1.56. The topological polar surface area (TPSA) is 120 Å². The largest absolute Gasteiger partial charge is 0.496 e. The summed E-state index contributed by atoms with van der Waals surface area (Å²) in [5.41, 5.74) is 6.63. The van der Waals surface area contributed by atoms with E-state index in [1.807, 2.05) is 0 Å². The van der Waals surface area contributed by atoms with Gasteiger partial charge in [0.25, 0.3) is 0 Å². The number of nitrogens with two attached hydrogens (primary N) is 1. The minimum Gasteiger partial charge on any atom is -0.496 e. The molecule has 0 aliphatic heterocycles. The quantitative estimate of drug-likeness (QED) is 0.653. The fourth-order valence-electron chi connectivity index (χ4n) is 1.42. The minimum atomic E-state index is -4.01. The normalized spacial score (nSPS) is 10.9. The molecule has 0 radical (unpaired) electrons. The lowest BCUT2D eigenvalue weighted by Gasteiger charge is -2.11. The number of nitrogens with one attached hydrogen (secondary N) is 2. The number of carbonyl (C=O) groups is 1. The first-order chi connectivity index (χ1) is 9.38. The lowest BCUT2D eigenvalue weighted by Crippen LogP contribution is -2.40. The van der Waals surface area contributed by atoms with Crippen LogP contribution in [0, 0.1) is 0 Å². The van der Waals surface area contributed by atoms with E-state index < -0.39 is 16.3 Å². The van der Waals surface area contributed by atoms with Crippen LogP contribution in [-0.4, -0.2) is 28.2 Å². The van der Waals surface area contributed by atoms with Gasteiger partial charge in [-0.25, -0.2) is 9.52 Å². The molecule has 0 bridgehead atoms. The Bertz CT molecular complexity index is 573. The lowest BCUT2D eigenvalue weighted by atomic mass is 10.2. The molecule has 0 heterocycles. The monoisotopic (exact) mass is 303 g/mol. The molecule has 0 fully saturated rings. The molecule has 0 aromatic heterocycles. The van der Waals surface area contributed by atoms with Gasteiger partial charge in [-0.2, -0.15) is 13.1 Å². The maximum atomic E-state index is 11.6. The molecular formula is C11H17N3O5S. The highest BCUT2D eigenvalue weighted by Gasteiger charge is 2.15. The molecule has 1 aromatic carbocycles. The molecule has 9 heteroatoms. The van der Waals surface area contributed by atoms with Gasteiger partial charge in [-0.15, -0.1) is 0 Å². The first-order valence-corrected chi connectivity index (χ1v) is 7.22. The van der Waals surface area contributed by atoms with Gasteiger partial charge in [0.2, 0.25) is 0 Å². The van der Waals surface area contributed by atoms with Crippen molar-refractivity contribution >= 4 is 22.0 Å². The average Bonchev–Trinajstić information content (AvgIpc) is 2.36. The Balaban J connectivity index is 2.71. The van der Waals surface area contributed by atoms with Crippen molar-refractivity contribution in [3.8, 4) is 5.75 Å². The zero-order chi connectivity index (χ0) is 15.2. The maximum Gasteiger partial charge on any atom is 0.421 e. The molecule has 0 spiro atoms. The van der Waals surface area contributed by atoms with Crippen molar-refractivity contribution in [1.82, 2.24) is 9.44 Å². The van der Waals surface area contributed by atoms with E-state index in [4.69, 9.17) is 10.5 Å². The van der Waals surface area contributed by atoms with Crippen molar-refractivity contribution < 1.29 is 22.7 Å². The molecule has 112 valence electrons. The van der Waals surface area contributed by atoms with Crippen molar-refractivity contribution in [2.24, 2.45) is 0 Å². The molecule has 20 heavy (non-hydrogen) atoms. The second kappa shape index (κ2) is 6.96. The standard InChI is InChI=1S/C11H17N3O5S/c1-3-19-11(15)14-20(16,17)13-7-8-6-9(12)4-5-10(8)18-2/h4-6,13H,3,7,12H2,1-2H3,(H,14,15). The number of rotatable bonds is 6. The van der Waals surface area contributed by atoms with Crippen LogP contribution in [0.15, 0.2) is 18.2 Å². The third-order valence-corrected chi connectivity index (χ3v) is 3.21. The van der Waals surface area contributed by atoms with Gasteiger partial charge in [0.15, 0.2) is 0 Å². The molecule has 0 aliphatic carbocycles. The smallest absolute Gasteiger partial charge is 0.421 e. The molecule has 8 nitrogen and oxygen atoms in total. The third-order valence-electron chi connectivity index (χ3n) is 2.25. The number of hydrogen-bond donors (Lipinski definition) is 3. The predicted molar refractivity (Wildman–Crippen MR) is 73.3 cm³/mol. The maximum absolute atomic E-state index is 11.6. The molecule has 1 rings (SSSR count). The van der Waals surface area contributed by atoms with Gasteiger partial charge in [0.05, 0.1) is 13.7 Å². The minimum absolute atomic E-state index is 0.0738. The zero-order valence-electron chi connectivity index (χ0n) is 11.2. The Hall–Kier alpha value is -2.00. The fourth-order valence-corrected chi connectivity index (χ4v) is 2.11. The number of anilines is 1. The summed E-state index contributed by atoms with van der Waals surface area (Å²) in [6.07, 6.45) is -1.04. The number of methoxy groups -OCH3 is 1. The van der Waals surface area contributed by atoms with Gasteiger partial charge in [-0.05, 0) is 25.1 Å². The number of amides is 1. The van der Waals surface area contributed by atoms with Gasteiger partial charge in [-0.3, -0.25) is 0 Å². The van der Waals surface area contributed by atoms with E-state index in [2.05, 4.69) is 9.46 Å². The van der Waals surface area contributed by atoms with Crippen molar-refractivity contribution in [3.63, 3.8) is 0 Å². The summed E-state index contributed by atoms with van der Waals surface area (Å²) in [6, 6.07) is 4.83. The van der Waals surface area contributed by atoms with E-state index in [0.717, 1.165) is 0 Å². The van der Waals surface area contributed by atoms with Crippen molar-refractivity contribution in [2.75, 3.05) is 19.5 Å². The van der Waals surface area contributed by atoms with Crippen LogP contribution in [0.25, 0.3) is 0 Å². The predicted octanol–water partition coefficient (Wildman–Crippen LogP) is 0.358. The third kappa shape index (κ3) is 4.94. The number of carbonyl (C=O) groups excluding carboxylic acids is 1. The molecule has 1 amide bonds. The SMILES string of the molecule is CCOC(=O)NS(=O)(=O)NCc1cc(N)ccc1OC. The Morgan fingerprint density at radius 3 is 2.70 bits per heavy atom. The zero-order valence-corrected chi connectivity index (χ0v) is 12.0. The van der Waals surface area contributed by atoms with Crippen LogP contribution in [0.4, 0.5) is 10.5 Å². The highest BCUT2D eigenvalue weighted by Crippen LogP contribution is 2.20. The number of benzene rings is 1. The van der Waals surface area contributed by atoms with Crippen LogP contribution >= 0.6 is 0 Å². The number of nitrogen functional groups attached to an aromatic ring is 1. The summed E-state index contributed by atoms with van der Waals surface area (Å²) in [5.74, 6) is 0.484. The van der Waals surface area contributed by atoms with Crippen molar-refractivity contribution in [1.29, 1.82) is 0 Å². The molecule has 0 saturated heterocycles. The van der Waals surface area contributed by atoms with E-state index in [0.29, 0.717) is 17.0 Å². The summed E-state index contributed by atoms with van der Waals surface area (Å²) in [7, 11) is -2.55. The molecule has 0 atom stereocenters. The van der Waals surface area contributed by atoms with E-state index in [1.54, 1.807) is 29.8 Å². The first-order valence-electron chi connectivity index (χ1n) is 5.74.